The van der Waals surface area contributed by atoms with Crippen LogP contribution in [0.15, 0.2) is 53.4 Å². The van der Waals surface area contributed by atoms with Gasteiger partial charge in [-0.05, 0) is 63.1 Å². The summed E-state index contributed by atoms with van der Waals surface area (Å²) in [4.78, 5) is 17.4. The Morgan fingerprint density at radius 1 is 1.07 bits per heavy atom. The van der Waals surface area contributed by atoms with Gasteiger partial charge in [-0.25, -0.2) is 13.1 Å². The van der Waals surface area contributed by atoms with Gasteiger partial charge in [0.15, 0.2) is 0 Å². The Kier molecular flexibility index (Phi) is 4.64. The summed E-state index contributed by atoms with van der Waals surface area (Å²) < 4.78 is 27.5. The molecule has 0 saturated heterocycles. The summed E-state index contributed by atoms with van der Waals surface area (Å²) in [6.07, 6.45) is 1.71. The fourth-order valence-corrected chi connectivity index (χ4v) is 4.41. The van der Waals surface area contributed by atoms with Gasteiger partial charge in [0.1, 0.15) is 0 Å². The summed E-state index contributed by atoms with van der Waals surface area (Å²) in [7, 11) is -3.61. The number of carbonyl (C=O) groups is 1. The molecular weight excluding hydrogens is 374 g/mol. The van der Waals surface area contributed by atoms with Crippen LogP contribution in [0, 0.1) is 13.8 Å². The van der Waals surface area contributed by atoms with Crippen molar-refractivity contribution in [2.45, 2.75) is 37.6 Å². The van der Waals surface area contributed by atoms with Crippen LogP contribution in [0.25, 0.3) is 10.9 Å². The van der Waals surface area contributed by atoms with Crippen LogP contribution < -0.4 is 10.0 Å². The number of hydrogen-bond acceptors (Lipinski definition) is 4. The van der Waals surface area contributed by atoms with Crippen LogP contribution in [0.5, 0.6) is 0 Å². The van der Waals surface area contributed by atoms with Crippen molar-refractivity contribution >= 4 is 32.5 Å². The predicted molar refractivity (Wildman–Crippen MR) is 109 cm³/mol. The summed E-state index contributed by atoms with van der Waals surface area (Å²) >= 11 is 0. The number of nitrogens with zero attached hydrogens (tertiary/aromatic N) is 1. The third kappa shape index (κ3) is 3.90. The predicted octanol–water partition coefficient (Wildman–Crippen LogP) is 3.54. The van der Waals surface area contributed by atoms with Gasteiger partial charge >= 0.3 is 0 Å². The third-order valence-corrected chi connectivity index (χ3v) is 6.16. The highest BCUT2D eigenvalue weighted by Crippen LogP contribution is 2.26. The minimum absolute atomic E-state index is 0.0110. The topological polar surface area (TPSA) is 88.2 Å². The highest BCUT2D eigenvalue weighted by Gasteiger charge is 2.28. The lowest BCUT2D eigenvalue weighted by atomic mass is 10.1. The van der Waals surface area contributed by atoms with Crippen molar-refractivity contribution in [3.8, 4) is 0 Å². The summed E-state index contributed by atoms with van der Waals surface area (Å²) in [5, 5.41) is 3.75. The van der Waals surface area contributed by atoms with Crippen molar-refractivity contribution in [1.82, 2.24) is 9.71 Å². The second-order valence-electron chi connectivity index (χ2n) is 7.21. The Morgan fingerprint density at radius 2 is 1.86 bits per heavy atom. The third-order valence-electron chi connectivity index (χ3n) is 4.65. The largest absolute Gasteiger partial charge is 0.321 e. The van der Waals surface area contributed by atoms with E-state index in [1.54, 1.807) is 12.1 Å². The van der Waals surface area contributed by atoms with Gasteiger partial charge in [-0.15, -0.1) is 0 Å². The molecule has 1 aromatic heterocycles. The molecule has 0 spiro atoms. The smallest absolute Gasteiger partial charge is 0.255 e. The molecule has 7 heteroatoms. The lowest BCUT2D eigenvalue weighted by Crippen LogP contribution is -2.26. The molecule has 6 nitrogen and oxygen atoms in total. The van der Waals surface area contributed by atoms with Crippen molar-refractivity contribution < 1.29 is 13.2 Å². The number of benzene rings is 2. The Labute approximate surface area is 164 Å². The van der Waals surface area contributed by atoms with Gasteiger partial charge in [0.25, 0.3) is 5.91 Å². The van der Waals surface area contributed by atoms with Crippen LogP contribution >= 0.6 is 0 Å². The maximum absolute atomic E-state index is 12.8. The van der Waals surface area contributed by atoms with E-state index in [0.717, 1.165) is 35.0 Å². The lowest BCUT2D eigenvalue weighted by molar-refractivity contribution is 0.102. The molecule has 2 aromatic carbocycles. The normalized spacial score (nSPS) is 14.2. The van der Waals surface area contributed by atoms with Gasteiger partial charge in [-0.1, -0.05) is 17.7 Å². The number of nitrogens with one attached hydrogen (secondary N) is 2. The molecule has 3 aromatic rings. The molecule has 1 aliphatic rings. The molecule has 1 amide bonds. The van der Waals surface area contributed by atoms with Crippen molar-refractivity contribution in [2.75, 3.05) is 5.32 Å². The molecule has 28 heavy (non-hydrogen) atoms. The standard InChI is InChI=1S/C21H21N3O3S/c1-13-6-9-19-18(10-13)20(11-14(2)22-19)23-21(25)15-4-3-5-17(12-15)28(26,27)24-16-7-8-16/h3-6,9-12,16,24H,7-8H2,1-2H3,(H,22,23,25). The van der Waals surface area contributed by atoms with Crippen LogP contribution in [0.4, 0.5) is 5.69 Å². The average Bonchev–Trinajstić information content (AvgIpc) is 3.45. The van der Waals surface area contributed by atoms with Crippen LogP contribution in [-0.2, 0) is 10.0 Å². The van der Waals surface area contributed by atoms with E-state index >= 15 is 0 Å². The fourth-order valence-electron chi connectivity index (χ4n) is 3.06. The van der Waals surface area contributed by atoms with Crippen LogP contribution in [0.2, 0.25) is 0 Å². The molecule has 1 saturated carbocycles. The SMILES string of the molecule is Cc1ccc2nc(C)cc(NC(=O)c3cccc(S(=O)(=O)NC4CC4)c3)c2c1. The number of hydrogen-bond donors (Lipinski definition) is 2. The van der Waals surface area contributed by atoms with E-state index in [4.69, 9.17) is 0 Å². The molecule has 0 unspecified atom stereocenters. The number of fused-ring (bicyclic) bond motifs is 1. The van der Waals surface area contributed by atoms with Gasteiger partial charge in [0.05, 0.1) is 16.1 Å². The van der Waals surface area contributed by atoms with Gasteiger partial charge in [0.2, 0.25) is 10.0 Å². The molecular formula is C21H21N3O3S. The highest BCUT2D eigenvalue weighted by molar-refractivity contribution is 7.89. The minimum atomic E-state index is -3.61. The first-order valence-electron chi connectivity index (χ1n) is 9.13. The number of aryl methyl sites for hydroxylation is 2. The summed E-state index contributed by atoms with van der Waals surface area (Å²) in [5.74, 6) is -0.364. The lowest BCUT2D eigenvalue weighted by Gasteiger charge is -2.11. The zero-order valence-electron chi connectivity index (χ0n) is 15.7. The quantitative estimate of drug-likeness (QED) is 0.692. The van der Waals surface area contributed by atoms with E-state index in [0.29, 0.717) is 5.69 Å². The second-order valence-corrected chi connectivity index (χ2v) is 8.92. The van der Waals surface area contributed by atoms with E-state index in [-0.39, 0.29) is 22.4 Å². The van der Waals surface area contributed by atoms with E-state index in [1.165, 1.54) is 12.1 Å². The molecule has 1 fully saturated rings. The van der Waals surface area contributed by atoms with Crippen molar-refractivity contribution in [1.29, 1.82) is 0 Å². The van der Waals surface area contributed by atoms with Crippen molar-refractivity contribution in [3.63, 3.8) is 0 Å². The molecule has 1 aliphatic carbocycles. The molecule has 1 heterocycles. The van der Waals surface area contributed by atoms with Crippen LogP contribution in [0.3, 0.4) is 0 Å². The second kappa shape index (κ2) is 7.00. The number of anilines is 1. The molecule has 4 rings (SSSR count). The first-order valence-corrected chi connectivity index (χ1v) is 10.6. The monoisotopic (exact) mass is 395 g/mol. The molecule has 0 bridgehead atoms. The molecule has 144 valence electrons. The Hall–Kier alpha value is -2.77. The zero-order valence-corrected chi connectivity index (χ0v) is 16.5. The number of sulfonamides is 1. The number of rotatable bonds is 5. The Bertz CT molecular complexity index is 1180. The maximum Gasteiger partial charge on any atom is 0.255 e. The number of amides is 1. The van der Waals surface area contributed by atoms with Gasteiger partial charge in [-0.2, -0.15) is 0 Å². The fraction of sp³-hybridized carbons (Fsp3) is 0.238. The van der Waals surface area contributed by atoms with E-state index in [2.05, 4.69) is 15.0 Å². The Balaban J connectivity index is 1.65. The molecule has 0 atom stereocenters. The molecule has 0 radical (unpaired) electrons. The van der Waals surface area contributed by atoms with Crippen molar-refractivity contribution in [3.05, 3.63) is 65.4 Å². The first-order chi connectivity index (χ1) is 13.3. The first kappa shape index (κ1) is 18.6. The highest BCUT2D eigenvalue weighted by atomic mass is 32.2. The molecule has 2 N–H and O–H groups in total. The van der Waals surface area contributed by atoms with Crippen molar-refractivity contribution in [2.24, 2.45) is 0 Å². The summed E-state index contributed by atoms with van der Waals surface area (Å²) in [5.41, 5.74) is 3.59. The average molecular weight is 395 g/mol. The number of pyridine rings is 1. The summed E-state index contributed by atoms with van der Waals surface area (Å²) in [6, 6.07) is 13.8. The number of aromatic nitrogens is 1. The summed E-state index contributed by atoms with van der Waals surface area (Å²) in [6.45, 7) is 3.85. The minimum Gasteiger partial charge on any atom is -0.321 e. The van der Waals surface area contributed by atoms with Gasteiger partial charge in [-0.3, -0.25) is 9.78 Å². The van der Waals surface area contributed by atoms with E-state index in [1.807, 2.05) is 38.1 Å². The van der Waals surface area contributed by atoms with E-state index in [9.17, 15) is 13.2 Å². The molecule has 0 aliphatic heterocycles. The zero-order chi connectivity index (χ0) is 19.9. The number of carbonyl (C=O) groups excluding carboxylic acids is 1. The Morgan fingerprint density at radius 3 is 2.61 bits per heavy atom. The van der Waals surface area contributed by atoms with Gasteiger partial charge < -0.3 is 5.32 Å². The maximum atomic E-state index is 12.8. The van der Waals surface area contributed by atoms with Crippen LogP contribution in [0.1, 0.15) is 34.5 Å². The van der Waals surface area contributed by atoms with Gasteiger partial charge in [0, 0.05) is 22.7 Å². The van der Waals surface area contributed by atoms with Crippen LogP contribution in [-0.4, -0.2) is 25.4 Å². The van der Waals surface area contributed by atoms with E-state index < -0.39 is 10.0 Å².